The van der Waals surface area contributed by atoms with Crippen LogP contribution in [0.4, 0.5) is 0 Å². The van der Waals surface area contributed by atoms with E-state index in [9.17, 15) is 0 Å². The summed E-state index contributed by atoms with van der Waals surface area (Å²) in [5.41, 5.74) is 9.38. The summed E-state index contributed by atoms with van der Waals surface area (Å²) in [6.07, 6.45) is 0. The smallest absolute Gasteiger partial charge is 0.120 e. The first-order valence-electron chi connectivity index (χ1n) is 5.88. The molecule has 1 atom stereocenters. The summed E-state index contributed by atoms with van der Waals surface area (Å²) in [7, 11) is 1.61. The molecule has 0 radical (unpaired) electrons. The van der Waals surface area contributed by atoms with Gasteiger partial charge in [-0.3, -0.25) is 0 Å². The highest BCUT2D eigenvalue weighted by atomic mass is 79.9. The fraction of sp³-hybridized carbons (Fsp3) is 0.200. The predicted octanol–water partition coefficient (Wildman–Crippen LogP) is 4.47. The van der Waals surface area contributed by atoms with Gasteiger partial charge >= 0.3 is 0 Å². The summed E-state index contributed by atoms with van der Waals surface area (Å²) in [5, 5.41) is 0.611. The maximum atomic E-state index is 6.32. The van der Waals surface area contributed by atoms with Crippen LogP contribution in [0.3, 0.4) is 0 Å². The molecule has 0 fully saturated rings. The molecular formula is C15H15BrClNO. The predicted molar refractivity (Wildman–Crippen MR) is 82.9 cm³/mol. The van der Waals surface area contributed by atoms with Crippen molar-refractivity contribution in [3.05, 3.63) is 62.6 Å². The summed E-state index contributed by atoms with van der Waals surface area (Å²) < 4.78 is 6.17. The largest absolute Gasteiger partial charge is 0.497 e. The molecule has 0 spiro atoms. The molecule has 2 N–H and O–H groups in total. The summed E-state index contributed by atoms with van der Waals surface area (Å²) in [6.45, 7) is 2.04. The Morgan fingerprint density at radius 2 is 1.95 bits per heavy atom. The molecule has 0 amide bonds. The Bertz CT molecular complexity index is 601. The average molecular weight is 341 g/mol. The van der Waals surface area contributed by atoms with Gasteiger partial charge in [0.05, 0.1) is 13.2 Å². The van der Waals surface area contributed by atoms with E-state index >= 15 is 0 Å². The number of rotatable bonds is 3. The van der Waals surface area contributed by atoms with E-state index in [1.807, 2.05) is 37.3 Å². The maximum absolute atomic E-state index is 6.32. The molecule has 2 aromatic rings. The second-order valence-electron chi connectivity index (χ2n) is 4.34. The maximum Gasteiger partial charge on any atom is 0.120 e. The van der Waals surface area contributed by atoms with E-state index in [0.717, 1.165) is 26.9 Å². The minimum Gasteiger partial charge on any atom is -0.497 e. The molecule has 0 heterocycles. The summed E-state index contributed by atoms with van der Waals surface area (Å²) in [5.74, 6) is 0.726. The van der Waals surface area contributed by atoms with Crippen LogP contribution >= 0.6 is 27.5 Å². The fourth-order valence-corrected chi connectivity index (χ4v) is 2.76. The minimum atomic E-state index is -0.271. The second-order valence-corrected chi connectivity index (χ2v) is 5.54. The highest BCUT2D eigenvalue weighted by Gasteiger charge is 2.16. The van der Waals surface area contributed by atoms with Crippen molar-refractivity contribution >= 4 is 27.5 Å². The van der Waals surface area contributed by atoms with E-state index in [2.05, 4.69) is 15.9 Å². The van der Waals surface area contributed by atoms with Crippen LogP contribution in [0.15, 0.2) is 40.9 Å². The van der Waals surface area contributed by atoms with Crippen LogP contribution in [0.25, 0.3) is 0 Å². The standard InChI is InChI=1S/C15H15BrClNO/c1-9-4-3-5-12(14(9)16)15(18)11-7-6-10(19-2)8-13(11)17/h3-8,15H,18H2,1-2H3. The molecule has 100 valence electrons. The van der Waals surface area contributed by atoms with Gasteiger partial charge in [-0.2, -0.15) is 0 Å². The molecule has 0 saturated carbocycles. The number of halogens is 2. The Kier molecular flexibility index (Phi) is 4.50. The fourth-order valence-electron chi connectivity index (χ4n) is 1.96. The average Bonchev–Trinajstić information content (AvgIpc) is 2.41. The number of methoxy groups -OCH3 is 1. The minimum absolute atomic E-state index is 0.271. The molecule has 19 heavy (non-hydrogen) atoms. The molecule has 2 aromatic carbocycles. The number of hydrogen-bond acceptors (Lipinski definition) is 2. The van der Waals surface area contributed by atoms with Crippen LogP contribution in [0.1, 0.15) is 22.7 Å². The first-order chi connectivity index (χ1) is 9.04. The lowest BCUT2D eigenvalue weighted by atomic mass is 9.98. The van der Waals surface area contributed by atoms with Crippen LogP contribution in [0.2, 0.25) is 5.02 Å². The van der Waals surface area contributed by atoms with Crippen molar-refractivity contribution < 1.29 is 4.74 Å². The first kappa shape index (κ1) is 14.4. The van der Waals surface area contributed by atoms with Crippen LogP contribution in [0, 0.1) is 6.92 Å². The lowest BCUT2D eigenvalue weighted by Gasteiger charge is -2.17. The van der Waals surface area contributed by atoms with Crippen molar-refractivity contribution in [3.8, 4) is 5.75 Å². The number of nitrogens with two attached hydrogens (primary N) is 1. The Morgan fingerprint density at radius 3 is 2.58 bits per heavy atom. The molecule has 0 aliphatic carbocycles. The topological polar surface area (TPSA) is 35.2 Å². The Balaban J connectivity index is 2.44. The zero-order valence-electron chi connectivity index (χ0n) is 10.8. The normalized spacial score (nSPS) is 12.3. The molecular weight excluding hydrogens is 326 g/mol. The highest BCUT2D eigenvalue weighted by Crippen LogP contribution is 2.33. The SMILES string of the molecule is COc1ccc(C(N)c2cccc(C)c2Br)c(Cl)c1. The second kappa shape index (κ2) is 5.95. The number of aryl methyl sites for hydroxylation is 1. The molecule has 4 heteroatoms. The van der Waals surface area contributed by atoms with Gasteiger partial charge in [0.15, 0.2) is 0 Å². The summed E-state index contributed by atoms with van der Waals surface area (Å²) in [4.78, 5) is 0. The third kappa shape index (κ3) is 2.94. The number of ether oxygens (including phenoxy) is 1. The van der Waals surface area contributed by atoms with Gasteiger partial charge < -0.3 is 10.5 Å². The van der Waals surface area contributed by atoms with Gasteiger partial charge in [0.1, 0.15) is 5.75 Å². The van der Waals surface area contributed by atoms with Crippen molar-refractivity contribution in [2.45, 2.75) is 13.0 Å². The van der Waals surface area contributed by atoms with Crippen molar-refractivity contribution in [1.29, 1.82) is 0 Å². The van der Waals surface area contributed by atoms with Crippen LogP contribution in [0.5, 0.6) is 5.75 Å². The molecule has 2 nitrogen and oxygen atoms in total. The van der Waals surface area contributed by atoms with Gasteiger partial charge in [-0.15, -0.1) is 0 Å². The molecule has 1 unspecified atom stereocenters. The van der Waals surface area contributed by atoms with E-state index < -0.39 is 0 Å². The number of hydrogen-bond donors (Lipinski definition) is 1. The van der Waals surface area contributed by atoms with Gasteiger partial charge in [0.25, 0.3) is 0 Å². The van der Waals surface area contributed by atoms with E-state index in [4.69, 9.17) is 22.1 Å². The lowest BCUT2D eigenvalue weighted by molar-refractivity contribution is 0.414. The van der Waals surface area contributed by atoms with Gasteiger partial charge in [-0.1, -0.05) is 51.8 Å². The van der Waals surface area contributed by atoms with E-state index in [1.165, 1.54) is 0 Å². The summed E-state index contributed by atoms with van der Waals surface area (Å²) in [6, 6.07) is 11.3. The quantitative estimate of drug-likeness (QED) is 0.895. The van der Waals surface area contributed by atoms with E-state index in [0.29, 0.717) is 5.02 Å². The van der Waals surface area contributed by atoms with Crippen LogP contribution in [-0.2, 0) is 0 Å². The van der Waals surface area contributed by atoms with Crippen molar-refractivity contribution in [3.63, 3.8) is 0 Å². The van der Waals surface area contributed by atoms with Gasteiger partial charge in [-0.25, -0.2) is 0 Å². The highest BCUT2D eigenvalue weighted by molar-refractivity contribution is 9.10. The Hall–Kier alpha value is -1.03. The molecule has 0 bridgehead atoms. The molecule has 0 aromatic heterocycles. The van der Waals surface area contributed by atoms with Gasteiger partial charge in [0.2, 0.25) is 0 Å². The van der Waals surface area contributed by atoms with Crippen molar-refractivity contribution in [2.24, 2.45) is 5.73 Å². The van der Waals surface area contributed by atoms with Gasteiger partial charge in [-0.05, 0) is 35.7 Å². The first-order valence-corrected chi connectivity index (χ1v) is 7.05. The molecule has 0 aliphatic rings. The third-order valence-corrected chi connectivity index (χ3v) is 4.51. The Morgan fingerprint density at radius 1 is 1.21 bits per heavy atom. The van der Waals surface area contributed by atoms with Crippen molar-refractivity contribution in [2.75, 3.05) is 7.11 Å². The molecule has 2 rings (SSSR count). The molecule has 0 saturated heterocycles. The zero-order chi connectivity index (χ0) is 14.0. The zero-order valence-corrected chi connectivity index (χ0v) is 13.1. The van der Waals surface area contributed by atoms with Gasteiger partial charge in [0, 0.05) is 9.50 Å². The lowest BCUT2D eigenvalue weighted by Crippen LogP contribution is -2.13. The number of benzene rings is 2. The van der Waals surface area contributed by atoms with E-state index in [-0.39, 0.29) is 6.04 Å². The third-order valence-electron chi connectivity index (χ3n) is 3.10. The van der Waals surface area contributed by atoms with Crippen molar-refractivity contribution in [1.82, 2.24) is 0 Å². The monoisotopic (exact) mass is 339 g/mol. The van der Waals surface area contributed by atoms with Crippen LogP contribution in [-0.4, -0.2) is 7.11 Å². The van der Waals surface area contributed by atoms with E-state index in [1.54, 1.807) is 13.2 Å². The van der Waals surface area contributed by atoms with Crippen LogP contribution < -0.4 is 10.5 Å². The molecule has 0 aliphatic heterocycles. The summed E-state index contributed by atoms with van der Waals surface area (Å²) >= 11 is 9.85. The Labute approximate surface area is 126 Å².